The molecule has 2 unspecified atom stereocenters. The fourth-order valence-corrected chi connectivity index (χ4v) is 14.3. The molecule has 0 saturated heterocycles. The Morgan fingerprint density at radius 3 is 1.59 bits per heavy atom. The number of aromatic hydroxyl groups is 10. The van der Waals surface area contributed by atoms with Gasteiger partial charge in [0.05, 0.1) is 5.02 Å². The van der Waals surface area contributed by atoms with Crippen molar-refractivity contribution >= 4 is 11.6 Å². The zero-order valence-corrected chi connectivity index (χ0v) is 52.6. The van der Waals surface area contributed by atoms with Crippen LogP contribution in [0.25, 0.3) is 0 Å². The molecule has 0 amide bonds. The summed E-state index contributed by atoms with van der Waals surface area (Å²) in [5.41, 5.74) is 21.6. The third-order valence-electron chi connectivity index (χ3n) is 18.7. The number of nitrogens with one attached hydrogen (secondary N) is 1. The van der Waals surface area contributed by atoms with Crippen LogP contribution >= 0.6 is 11.6 Å². The molecule has 5 atom stereocenters. The molecule has 2 heterocycles. The summed E-state index contributed by atoms with van der Waals surface area (Å²) in [6.07, 6.45) is 13.0. The molecule has 5 aliphatic rings. The number of hydrogen-bond donors (Lipinski definition) is 12. The van der Waals surface area contributed by atoms with Gasteiger partial charge < -0.3 is 62.1 Å². The molecule has 0 radical (unpaired) electrons. The number of aryl methyl sites for hydroxylation is 2. The summed E-state index contributed by atoms with van der Waals surface area (Å²) in [4.78, 5) is 2.36. The third-order valence-corrected chi connectivity index (χ3v) is 19.1. The van der Waals surface area contributed by atoms with E-state index >= 15 is 0 Å². The van der Waals surface area contributed by atoms with Crippen LogP contribution in [0.2, 0.25) is 5.02 Å². The van der Waals surface area contributed by atoms with Gasteiger partial charge >= 0.3 is 0 Å². The Balaban J connectivity index is 0.000000128. The molecule has 9 aromatic rings. The summed E-state index contributed by atoms with van der Waals surface area (Å²) in [6.45, 7) is 8.77. The predicted molar refractivity (Wildman–Crippen MR) is 364 cm³/mol. The smallest absolute Gasteiger partial charge is 0.176 e. The lowest BCUT2D eigenvalue weighted by molar-refractivity contribution is 0.306. The van der Waals surface area contributed by atoms with Gasteiger partial charge in [-0.2, -0.15) is 0 Å². The second kappa shape index (κ2) is 30.8. The molecule has 0 bridgehead atoms. The standard InChI is InChI=1S/C19H21NO2.C18H18O2.C17H17ClO2.C16H17NO2.C8H11NO2/c1-2-9-20-10-8-15-11-18(21)19(22)12-16(15)17(13-20)14-6-4-3-5-7-14;19-16-9-13-8-7-12-6-5-11-3-1-2-4-14(11)18(12)15(13)10-17(16)20;18-16-13-9-5-4-8-12(11-6-2-1-3-7-11)14(13)10-15(19)17(16)20;18-15-8-12-6-7-17-10-14(13(12)9-16(15)19)11-4-2-1-3-5-11;9-4-3-6-1-2-7(10)8(11)5-6/h2-7,11-12,17,21-22H,1,8-10,13H2;1-4,9-10,12,18-20H,5-8H2;1-3,6-7,10,12,19-20H,4-5,8-9H2;1-5,8-9,14,17-19H,6-7,10H2;1-2,5,10-11H,3-4,9H2/t;12-,18-;12-;;/m.11../s1. The van der Waals surface area contributed by atoms with E-state index in [4.69, 9.17) is 27.5 Å². The Morgan fingerprint density at radius 1 is 0.467 bits per heavy atom. The minimum Gasteiger partial charge on any atom is -0.504 e. The number of phenols is 10. The highest BCUT2D eigenvalue weighted by molar-refractivity contribution is 6.33. The number of nitrogens with two attached hydrogens (primary N) is 1. The molecule has 0 fully saturated rings. The molecule has 9 aromatic carbocycles. The van der Waals surface area contributed by atoms with Gasteiger partial charge in [-0.15, -0.1) is 6.58 Å². The van der Waals surface area contributed by atoms with Crippen LogP contribution in [0, 0.1) is 5.92 Å². The fraction of sp³-hybridized carbons (Fsp3) is 0.282. The van der Waals surface area contributed by atoms with Crippen molar-refractivity contribution in [2.45, 2.75) is 94.3 Å². The van der Waals surface area contributed by atoms with E-state index in [9.17, 15) is 40.9 Å². The second-order valence-electron chi connectivity index (χ2n) is 24.5. The molecule has 478 valence electrons. The first-order valence-corrected chi connectivity index (χ1v) is 32.3. The maximum absolute atomic E-state index is 9.92. The van der Waals surface area contributed by atoms with Crippen molar-refractivity contribution in [3.63, 3.8) is 0 Å². The highest BCUT2D eigenvalue weighted by atomic mass is 35.5. The van der Waals surface area contributed by atoms with Crippen LogP contribution in [0.15, 0.2) is 189 Å². The Bertz CT molecular complexity index is 3960. The van der Waals surface area contributed by atoms with E-state index in [2.05, 4.69) is 77.5 Å². The Morgan fingerprint density at radius 2 is 0.978 bits per heavy atom. The highest BCUT2D eigenvalue weighted by Crippen LogP contribution is 2.50. The molecule has 0 saturated carbocycles. The van der Waals surface area contributed by atoms with E-state index < -0.39 is 0 Å². The van der Waals surface area contributed by atoms with Crippen LogP contribution in [0.1, 0.15) is 134 Å². The van der Waals surface area contributed by atoms with Gasteiger partial charge in [0.1, 0.15) is 0 Å². The molecule has 2 aliphatic heterocycles. The van der Waals surface area contributed by atoms with Gasteiger partial charge in [-0.1, -0.05) is 145 Å². The van der Waals surface area contributed by atoms with Crippen molar-refractivity contribution in [2.24, 2.45) is 11.7 Å². The first-order valence-electron chi connectivity index (χ1n) is 31.9. The largest absolute Gasteiger partial charge is 0.504 e. The predicted octanol–water partition coefficient (Wildman–Crippen LogP) is 14.6. The van der Waals surface area contributed by atoms with Gasteiger partial charge in [-0.25, -0.2) is 0 Å². The minimum atomic E-state index is -0.195. The van der Waals surface area contributed by atoms with E-state index in [1.165, 1.54) is 63.9 Å². The van der Waals surface area contributed by atoms with Crippen molar-refractivity contribution in [1.82, 2.24) is 10.2 Å². The lowest BCUT2D eigenvalue weighted by atomic mass is 9.66. The lowest BCUT2D eigenvalue weighted by Gasteiger charge is -2.38. The summed E-state index contributed by atoms with van der Waals surface area (Å²) in [5, 5.41) is 100. The summed E-state index contributed by atoms with van der Waals surface area (Å²) in [7, 11) is 0. The van der Waals surface area contributed by atoms with Crippen LogP contribution in [0.5, 0.6) is 57.5 Å². The molecule has 92 heavy (non-hydrogen) atoms. The van der Waals surface area contributed by atoms with E-state index in [1.54, 1.807) is 48.5 Å². The maximum atomic E-state index is 9.92. The highest BCUT2D eigenvalue weighted by Gasteiger charge is 2.36. The summed E-state index contributed by atoms with van der Waals surface area (Å²) < 4.78 is 0. The fourth-order valence-electron chi connectivity index (χ4n) is 14.0. The van der Waals surface area contributed by atoms with Crippen molar-refractivity contribution in [3.8, 4) is 57.5 Å². The number of halogens is 1. The Labute approximate surface area is 544 Å². The first kappa shape index (κ1) is 65.8. The summed E-state index contributed by atoms with van der Waals surface area (Å²) in [6, 6.07) is 56.3. The zero-order chi connectivity index (χ0) is 64.8. The molecule has 14 rings (SSSR count). The molecule has 0 aromatic heterocycles. The van der Waals surface area contributed by atoms with E-state index in [-0.39, 0.29) is 75.2 Å². The Hall–Kier alpha value is -9.11. The molecule has 13 N–H and O–H groups in total. The van der Waals surface area contributed by atoms with E-state index in [0.717, 1.165) is 123 Å². The Kier molecular flexibility index (Phi) is 22.0. The van der Waals surface area contributed by atoms with Crippen LogP contribution in [0.4, 0.5) is 0 Å². The lowest BCUT2D eigenvalue weighted by Crippen LogP contribution is -2.28. The van der Waals surface area contributed by atoms with Crippen molar-refractivity contribution in [1.29, 1.82) is 0 Å². The molecular weight excluding hydrogens is 1170 g/mol. The minimum absolute atomic E-state index is 0.00583. The van der Waals surface area contributed by atoms with Crippen LogP contribution in [-0.2, 0) is 38.5 Å². The number of nitrogens with zero attached hydrogens (tertiary/aromatic N) is 1. The average molecular weight is 1260 g/mol. The molecule has 13 nitrogen and oxygen atoms in total. The number of rotatable bonds is 7. The SMILES string of the molecule is C=CCN1CCc2cc(O)c(O)cc2C(c2ccccc2)C1.NCCc1ccc(O)c(O)c1.Oc1cc2c(c(Cl)c1O)CCCC[C@@H]2c1ccccc1.Oc1cc2c(cc1O)C(c1ccccc1)CNCC2.Oc1cc2c(cc1O)[C@H]1c3ccccc3CC[C@@H]1CC2. The monoisotopic (exact) mass is 1260 g/mol. The van der Waals surface area contributed by atoms with Gasteiger partial charge in [-0.05, 0) is 216 Å². The topological polar surface area (TPSA) is 244 Å². The van der Waals surface area contributed by atoms with Gasteiger partial charge in [0.15, 0.2) is 57.5 Å². The van der Waals surface area contributed by atoms with Crippen molar-refractivity contribution < 1.29 is 51.1 Å². The van der Waals surface area contributed by atoms with E-state index in [1.807, 2.05) is 60.7 Å². The quantitative estimate of drug-likeness (QED) is 0.0404. The van der Waals surface area contributed by atoms with Crippen LogP contribution < -0.4 is 11.1 Å². The van der Waals surface area contributed by atoms with Gasteiger partial charge in [0, 0.05) is 49.9 Å². The average Bonchev–Trinajstić information content (AvgIpc) is 0.909. The second-order valence-corrected chi connectivity index (χ2v) is 24.9. The summed E-state index contributed by atoms with van der Waals surface area (Å²) >= 11 is 6.23. The van der Waals surface area contributed by atoms with E-state index in [0.29, 0.717) is 29.8 Å². The summed E-state index contributed by atoms with van der Waals surface area (Å²) in [5.74, 6) is 1.04. The zero-order valence-electron chi connectivity index (χ0n) is 51.8. The number of phenolic OH excluding ortho intramolecular Hbond substituents is 10. The maximum Gasteiger partial charge on any atom is 0.176 e. The number of benzene rings is 9. The van der Waals surface area contributed by atoms with Gasteiger partial charge in [0.25, 0.3) is 0 Å². The molecular formula is C78H84ClN3O10. The number of fused-ring (bicyclic) bond motifs is 8. The van der Waals surface area contributed by atoms with Crippen LogP contribution in [0.3, 0.4) is 0 Å². The third kappa shape index (κ3) is 15.6. The molecule has 3 aliphatic carbocycles. The van der Waals surface area contributed by atoms with Crippen LogP contribution in [-0.4, -0.2) is 95.2 Å². The van der Waals surface area contributed by atoms with Crippen molar-refractivity contribution in [2.75, 3.05) is 39.3 Å². The van der Waals surface area contributed by atoms with Crippen molar-refractivity contribution in [3.05, 3.63) is 271 Å². The normalized spacial score (nSPS) is 18.6. The van der Waals surface area contributed by atoms with Gasteiger partial charge in [0.2, 0.25) is 0 Å². The molecule has 14 heteroatoms. The molecule has 0 spiro atoms. The number of hydrogen-bond acceptors (Lipinski definition) is 13. The van der Waals surface area contributed by atoms with Gasteiger partial charge in [-0.3, -0.25) is 4.90 Å². The first-order chi connectivity index (χ1) is 44.6.